The summed E-state index contributed by atoms with van der Waals surface area (Å²) in [6.45, 7) is 1.42. The molecule has 0 spiro atoms. The van der Waals surface area contributed by atoms with Gasteiger partial charge in [0.1, 0.15) is 0 Å². The van der Waals surface area contributed by atoms with Gasteiger partial charge in [0.25, 0.3) is 0 Å². The number of halogens is 2. The fourth-order valence-electron chi connectivity index (χ4n) is 2.15. The van der Waals surface area contributed by atoms with Gasteiger partial charge in [0.2, 0.25) is 11.9 Å². The summed E-state index contributed by atoms with van der Waals surface area (Å²) in [5.74, 6) is -1.61. The molecule has 0 fully saturated rings. The van der Waals surface area contributed by atoms with E-state index in [0.717, 1.165) is 12.1 Å². The highest BCUT2D eigenvalue weighted by Gasteiger charge is 2.06. The van der Waals surface area contributed by atoms with Crippen molar-refractivity contribution in [2.45, 2.75) is 6.92 Å². The Labute approximate surface area is 147 Å². The van der Waals surface area contributed by atoms with Gasteiger partial charge in [-0.15, -0.1) is 5.10 Å². The summed E-state index contributed by atoms with van der Waals surface area (Å²) < 4.78 is 26.2. The Kier molecular flexibility index (Phi) is 4.97. The molecule has 1 aromatic heterocycles. The van der Waals surface area contributed by atoms with Crippen molar-refractivity contribution in [1.29, 1.82) is 0 Å². The molecule has 1 amide bonds. The quantitative estimate of drug-likeness (QED) is 0.647. The number of hydrogen-bond acceptors (Lipinski definition) is 6. The highest BCUT2D eigenvalue weighted by Crippen LogP contribution is 2.20. The zero-order valence-electron chi connectivity index (χ0n) is 13.6. The number of rotatable bonds is 5. The molecule has 0 atom stereocenters. The molecule has 132 valence electrons. The number of aromatic nitrogens is 3. The fourth-order valence-corrected chi connectivity index (χ4v) is 2.15. The second kappa shape index (κ2) is 7.51. The van der Waals surface area contributed by atoms with Gasteiger partial charge in [-0.25, -0.2) is 8.78 Å². The molecule has 0 unspecified atom stereocenters. The van der Waals surface area contributed by atoms with Gasteiger partial charge in [-0.1, -0.05) is 6.07 Å². The number of benzene rings is 2. The molecule has 3 rings (SSSR count). The Morgan fingerprint density at radius 2 is 1.73 bits per heavy atom. The zero-order valence-corrected chi connectivity index (χ0v) is 13.6. The maximum atomic E-state index is 13.3. The molecule has 0 aliphatic heterocycles. The van der Waals surface area contributed by atoms with E-state index in [1.807, 2.05) is 0 Å². The maximum Gasteiger partial charge on any atom is 0.249 e. The summed E-state index contributed by atoms with van der Waals surface area (Å²) in [6, 6.07) is 10.4. The number of nitrogens with one attached hydrogen (secondary N) is 3. The van der Waals surface area contributed by atoms with Gasteiger partial charge in [-0.2, -0.15) is 10.1 Å². The van der Waals surface area contributed by atoms with Crippen LogP contribution in [0.3, 0.4) is 0 Å². The molecule has 7 nitrogen and oxygen atoms in total. The van der Waals surface area contributed by atoms with Crippen molar-refractivity contribution >= 4 is 34.7 Å². The lowest BCUT2D eigenvalue weighted by molar-refractivity contribution is -0.114. The molecule has 1 heterocycles. The molecular formula is C17H14F2N6O. The van der Waals surface area contributed by atoms with Crippen molar-refractivity contribution < 1.29 is 13.6 Å². The van der Waals surface area contributed by atoms with E-state index >= 15 is 0 Å². The van der Waals surface area contributed by atoms with Crippen LogP contribution in [-0.4, -0.2) is 21.1 Å². The van der Waals surface area contributed by atoms with Gasteiger partial charge in [0.15, 0.2) is 17.5 Å². The predicted molar refractivity (Wildman–Crippen MR) is 93.5 cm³/mol. The van der Waals surface area contributed by atoms with Crippen LogP contribution in [0.2, 0.25) is 0 Å². The maximum absolute atomic E-state index is 13.3. The minimum absolute atomic E-state index is 0.110. The number of nitrogens with zero attached hydrogens (tertiary/aromatic N) is 3. The van der Waals surface area contributed by atoms with Crippen LogP contribution >= 0.6 is 0 Å². The first kappa shape index (κ1) is 17.2. The van der Waals surface area contributed by atoms with Crippen molar-refractivity contribution in [3.05, 3.63) is 60.3 Å². The first-order chi connectivity index (χ1) is 12.5. The van der Waals surface area contributed by atoms with E-state index in [1.54, 1.807) is 24.3 Å². The van der Waals surface area contributed by atoms with Crippen LogP contribution in [-0.2, 0) is 4.79 Å². The average Bonchev–Trinajstić information content (AvgIpc) is 2.58. The Balaban J connectivity index is 1.75. The summed E-state index contributed by atoms with van der Waals surface area (Å²) >= 11 is 0. The summed E-state index contributed by atoms with van der Waals surface area (Å²) in [4.78, 5) is 15.3. The molecule has 2 aromatic carbocycles. The van der Waals surface area contributed by atoms with E-state index in [-0.39, 0.29) is 17.5 Å². The van der Waals surface area contributed by atoms with Crippen molar-refractivity contribution in [2.75, 3.05) is 16.0 Å². The van der Waals surface area contributed by atoms with Crippen molar-refractivity contribution in [2.24, 2.45) is 0 Å². The third-order valence-electron chi connectivity index (χ3n) is 3.19. The van der Waals surface area contributed by atoms with Gasteiger partial charge in [0, 0.05) is 30.1 Å². The first-order valence-electron chi connectivity index (χ1n) is 7.56. The van der Waals surface area contributed by atoms with E-state index in [1.165, 1.54) is 19.2 Å². The molecule has 9 heteroatoms. The highest BCUT2D eigenvalue weighted by atomic mass is 19.2. The molecule has 0 radical (unpaired) electrons. The lowest BCUT2D eigenvalue weighted by Gasteiger charge is -2.09. The van der Waals surface area contributed by atoms with Crippen molar-refractivity contribution in [3.8, 4) is 0 Å². The summed E-state index contributed by atoms with van der Waals surface area (Å²) in [5.41, 5.74) is 1.59. The molecule has 0 bridgehead atoms. The predicted octanol–water partition coefficient (Wildman–Crippen LogP) is 3.60. The van der Waals surface area contributed by atoms with Crippen LogP contribution in [0.5, 0.6) is 0 Å². The van der Waals surface area contributed by atoms with Gasteiger partial charge in [0.05, 0.1) is 6.20 Å². The standard InChI is InChI=1S/C17H14F2N6O/c1-10(26)21-11-3-2-4-12(7-11)22-16-9-20-25-17(24-16)23-13-5-6-14(18)15(19)8-13/h2-9H,1H3,(H,21,26)(H2,22,23,24,25). The number of carbonyl (C=O) groups is 1. The molecule has 26 heavy (non-hydrogen) atoms. The van der Waals surface area contributed by atoms with Crippen LogP contribution in [0.25, 0.3) is 0 Å². The van der Waals surface area contributed by atoms with Gasteiger partial charge in [-0.3, -0.25) is 4.79 Å². The van der Waals surface area contributed by atoms with Crippen LogP contribution in [0.1, 0.15) is 6.92 Å². The largest absolute Gasteiger partial charge is 0.339 e. The molecule has 3 N–H and O–H groups in total. The number of anilines is 5. The molecule has 0 saturated heterocycles. The van der Waals surface area contributed by atoms with Gasteiger partial charge < -0.3 is 16.0 Å². The van der Waals surface area contributed by atoms with E-state index in [4.69, 9.17) is 0 Å². The number of carbonyl (C=O) groups excluding carboxylic acids is 1. The Morgan fingerprint density at radius 1 is 0.962 bits per heavy atom. The topological polar surface area (TPSA) is 91.8 Å². The summed E-state index contributed by atoms with van der Waals surface area (Å²) in [6.07, 6.45) is 1.40. The smallest absolute Gasteiger partial charge is 0.249 e. The van der Waals surface area contributed by atoms with Crippen LogP contribution in [0.15, 0.2) is 48.7 Å². The summed E-state index contributed by atoms with van der Waals surface area (Å²) in [7, 11) is 0. The first-order valence-corrected chi connectivity index (χ1v) is 7.56. The molecule has 0 aliphatic rings. The number of amides is 1. The summed E-state index contributed by atoms with van der Waals surface area (Å²) in [5, 5.41) is 16.1. The lowest BCUT2D eigenvalue weighted by Crippen LogP contribution is -2.06. The zero-order chi connectivity index (χ0) is 18.5. The van der Waals surface area contributed by atoms with E-state index in [2.05, 4.69) is 31.1 Å². The van der Waals surface area contributed by atoms with Crippen molar-refractivity contribution in [1.82, 2.24) is 15.2 Å². The van der Waals surface area contributed by atoms with Crippen molar-refractivity contribution in [3.63, 3.8) is 0 Å². The number of hydrogen-bond donors (Lipinski definition) is 3. The average molecular weight is 356 g/mol. The SMILES string of the molecule is CC(=O)Nc1cccc(Nc2cnnc(Nc3ccc(F)c(F)c3)n2)c1. The lowest BCUT2D eigenvalue weighted by atomic mass is 10.2. The Hall–Kier alpha value is -3.62. The molecule has 0 saturated carbocycles. The second-order valence-corrected chi connectivity index (χ2v) is 5.31. The van der Waals surface area contributed by atoms with E-state index in [9.17, 15) is 13.6 Å². The molecule has 0 aliphatic carbocycles. The van der Waals surface area contributed by atoms with Gasteiger partial charge in [-0.05, 0) is 30.3 Å². The third kappa shape index (κ3) is 4.47. The van der Waals surface area contributed by atoms with Crippen LogP contribution in [0.4, 0.5) is 37.6 Å². The van der Waals surface area contributed by atoms with Crippen LogP contribution in [0, 0.1) is 11.6 Å². The Bertz CT molecular complexity index is 950. The third-order valence-corrected chi connectivity index (χ3v) is 3.19. The van der Waals surface area contributed by atoms with Crippen LogP contribution < -0.4 is 16.0 Å². The highest BCUT2D eigenvalue weighted by molar-refractivity contribution is 5.89. The Morgan fingerprint density at radius 3 is 2.50 bits per heavy atom. The normalized spacial score (nSPS) is 10.3. The minimum atomic E-state index is -0.980. The second-order valence-electron chi connectivity index (χ2n) is 5.31. The van der Waals surface area contributed by atoms with E-state index < -0.39 is 11.6 Å². The van der Waals surface area contributed by atoms with Gasteiger partial charge >= 0.3 is 0 Å². The molecule has 3 aromatic rings. The van der Waals surface area contributed by atoms with E-state index in [0.29, 0.717) is 17.2 Å². The molecular weight excluding hydrogens is 342 g/mol. The monoisotopic (exact) mass is 356 g/mol. The minimum Gasteiger partial charge on any atom is -0.339 e. The fraction of sp³-hybridized carbons (Fsp3) is 0.0588.